The fourth-order valence-corrected chi connectivity index (χ4v) is 3.65. The van der Waals surface area contributed by atoms with Crippen LogP contribution in [-0.4, -0.2) is 12.6 Å². The van der Waals surface area contributed by atoms with Crippen LogP contribution < -0.4 is 5.32 Å². The van der Waals surface area contributed by atoms with Crippen LogP contribution >= 0.6 is 0 Å². The minimum Gasteiger partial charge on any atom is -0.310 e. The summed E-state index contributed by atoms with van der Waals surface area (Å²) < 4.78 is 0. The second-order valence-electron chi connectivity index (χ2n) is 5.76. The summed E-state index contributed by atoms with van der Waals surface area (Å²) in [5.41, 5.74) is 0.617. The van der Waals surface area contributed by atoms with E-state index in [0.29, 0.717) is 5.41 Å². The number of rotatable bonds is 3. The van der Waals surface area contributed by atoms with Crippen LogP contribution in [0.2, 0.25) is 0 Å². The van der Waals surface area contributed by atoms with E-state index in [9.17, 15) is 0 Å². The van der Waals surface area contributed by atoms with Crippen LogP contribution in [0.4, 0.5) is 0 Å². The highest BCUT2D eigenvalue weighted by Crippen LogP contribution is 2.61. The minimum absolute atomic E-state index is 0.617. The molecule has 3 fully saturated rings. The first-order chi connectivity index (χ1) is 6.57. The topological polar surface area (TPSA) is 12.0 Å². The molecule has 4 unspecified atom stereocenters. The zero-order valence-corrected chi connectivity index (χ0v) is 9.72. The van der Waals surface area contributed by atoms with Crippen molar-refractivity contribution in [1.82, 2.24) is 5.32 Å². The van der Waals surface area contributed by atoms with E-state index < -0.39 is 0 Å². The summed E-state index contributed by atoms with van der Waals surface area (Å²) in [6.07, 6.45) is 4.82. The van der Waals surface area contributed by atoms with Gasteiger partial charge in [-0.3, -0.25) is 0 Å². The van der Waals surface area contributed by atoms with Gasteiger partial charge in [-0.25, -0.2) is 0 Å². The van der Waals surface area contributed by atoms with Crippen molar-refractivity contribution in [1.29, 1.82) is 0 Å². The molecule has 0 heterocycles. The molecule has 3 aliphatic carbocycles. The lowest BCUT2D eigenvalue weighted by molar-refractivity contribution is -0.114. The Morgan fingerprint density at radius 3 is 2.64 bits per heavy atom. The predicted molar refractivity (Wildman–Crippen MR) is 61.1 cm³/mol. The van der Waals surface area contributed by atoms with E-state index in [4.69, 9.17) is 0 Å². The van der Waals surface area contributed by atoms with Gasteiger partial charge in [0.2, 0.25) is 0 Å². The monoisotopic (exact) mass is 193 g/mol. The molecule has 0 aromatic carbocycles. The van der Waals surface area contributed by atoms with E-state index in [1.807, 2.05) is 6.08 Å². The largest absolute Gasteiger partial charge is 0.310 e. The third-order valence-corrected chi connectivity index (χ3v) is 4.88. The SMILES string of the molecule is C=CCNC1CC2CC(C1C)C2(C)C. The van der Waals surface area contributed by atoms with Crippen molar-refractivity contribution < 1.29 is 0 Å². The highest BCUT2D eigenvalue weighted by Gasteiger charge is 2.55. The summed E-state index contributed by atoms with van der Waals surface area (Å²) in [6, 6.07) is 0.741. The lowest BCUT2D eigenvalue weighted by Gasteiger charge is -2.62. The standard InChI is InChI=1S/C13H23N/c1-5-6-14-12-8-10-7-11(9(12)2)13(10,3)4/h5,9-12,14H,1,6-8H2,2-4H3. The molecule has 80 valence electrons. The maximum Gasteiger partial charge on any atom is 0.0134 e. The van der Waals surface area contributed by atoms with Crippen molar-refractivity contribution in [3.8, 4) is 0 Å². The van der Waals surface area contributed by atoms with Crippen LogP contribution in [0, 0.1) is 23.2 Å². The molecule has 3 aliphatic rings. The van der Waals surface area contributed by atoms with Crippen LogP contribution in [-0.2, 0) is 0 Å². The van der Waals surface area contributed by atoms with Gasteiger partial charge in [0.25, 0.3) is 0 Å². The second kappa shape index (κ2) is 3.37. The highest BCUT2D eigenvalue weighted by atomic mass is 14.9. The Labute approximate surface area is 88.0 Å². The molecule has 0 spiro atoms. The fourth-order valence-electron chi connectivity index (χ4n) is 3.65. The molecule has 4 atom stereocenters. The van der Waals surface area contributed by atoms with Crippen molar-refractivity contribution in [3.05, 3.63) is 12.7 Å². The molecule has 1 N–H and O–H groups in total. The minimum atomic E-state index is 0.617. The maximum atomic E-state index is 3.77. The Morgan fingerprint density at radius 1 is 1.43 bits per heavy atom. The molecule has 3 saturated carbocycles. The molecule has 14 heavy (non-hydrogen) atoms. The van der Waals surface area contributed by atoms with Crippen LogP contribution in [0.25, 0.3) is 0 Å². The number of fused-ring (bicyclic) bond motifs is 2. The first-order valence-corrected chi connectivity index (χ1v) is 5.91. The maximum absolute atomic E-state index is 3.77. The van der Waals surface area contributed by atoms with Crippen molar-refractivity contribution in [2.45, 2.75) is 39.7 Å². The smallest absolute Gasteiger partial charge is 0.0134 e. The van der Waals surface area contributed by atoms with Gasteiger partial charge in [-0.1, -0.05) is 26.8 Å². The van der Waals surface area contributed by atoms with E-state index in [0.717, 1.165) is 30.3 Å². The Bertz CT molecular complexity index is 231. The van der Waals surface area contributed by atoms with Gasteiger partial charge < -0.3 is 5.32 Å². The van der Waals surface area contributed by atoms with Crippen molar-refractivity contribution in [2.24, 2.45) is 23.2 Å². The number of hydrogen-bond acceptors (Lipinski definition) is 1. The fraction of sp³-hybridized carbons (Fsp3) is 0.846. The van der Waals surface area contributed by atoms with E-state index >= 15 is 0 Å². The molecule has 3 rings (SSSR count). The molecule has 0 saturated heterocycles. The highest BCUT2D eigenvalue weighted by molar-refractivity contribution is 5.07. The van der Waals surface area contributed by atoms with E-state index in [1.165, 1.54) is 12.8 Å². The Balaban J connectivity index is 1.97. The lowest BCUT2D eigenvalue weighted by Crippen LogP contribution is -2.59. The summed E-state index contributed by atoms with van der Waals surface area (Å²) in [4.78, 5) is 0. The summed E-state index contributed by atoms with van der Waals surface area (Å²) in [6.45, 7) is 12.1. The van der Waals surface area contributed by atoms with Gasteiger partial charge in [0.05, 0.1) is 0 Å². The Kier molecular flexibility index (Phi) is 2.46. The summed E-state index contributed by atoms with van der Waals surface area (Å²) >= 11 is 0. The van der Waals surface area contributed by atoms with Gasteiger partial charge in [0.15, 0.2) is 0 Å². The quantitative estimate of drug-likeness (QED) is 0.680. The average Bonchev–Trinajstić information content (AvgIpc) is 2.15. The molecule has 0 amide bonds. The van der Waals surface area contributed by atoms with Crippen LogP contribution in [0.5, 0.6) is 0 Å². The molecule has 0 aliphatic heterocycles. The summed E-state index contributed by atoms with van der Waals surface area (Å²) in [5, 5.41) is 3.60. The third-order valence-electron chi connectivity index (χ3n) is 4.88. The van der Waals surface area contributed by atoms with E-state index in [2.05, 4.69) is 32.7 Å². The van der Waals surface area contributed by atoms with Crippen molar-refractivity contribution in [3.63, 3.8) is 0 Å². The van der Waals surface area contributed by atoms with Gasteiger partial charge >= 0.3 is 0 Å². The molecule has 0 aromatic rings. The van der Waals surface area contributed by atoms with Crippen LogP contribution in [0.3, 0.4) is 0 Å². The molecular formula is C13H23N. The van der Waals surface area contributed by atoms with E-state index in [-0.39, 0.29) is 0 Å². The third kappa shape index (κ3) is 1.33. The Morgan fingerprint density at radius 2 is 2.14 bits per heavy atom. The molecule has 0 radical (unpaired) electrons. The normalized spacial score (nSPS) is 44.2. The van der Waals surface area contributed by atoms with Gasteiger partial charge in [0.1, 0.15) is 0 Å². The number of nitrogens with one attached hydrogen (secondary N) is 1. The molecule has 0 aromatic heterocycles. The van der Waals surface area contributed by atoms with Gasteiger partial charge in [0, 0.05) is 12.6 Å². The first-order valence-electron chi connectivity index (χ1n) is 5.91. The molecule has 2 bridgehead atoms. The summed E-state index contributed by atoms with van der Waals surface area (Å²) in [5.74, 6) is 2.75. The summed E-state index contributed by atoms with van der Waals surface area (Å²) in [7, 11) is 0. The van der Waals surface area contributed by atoms with Gasteiger partial charge in [-0.15, -0.1) is 6.58 Å². The van der Waals surface area contributed by atoms with Crippen molar-refractivity contribution in [2.75, 3.05) is 6.54 Å². The molecule has 1 nitrogen and oxygen atoms in total. The zero-order valence-electron chi connectivity index (χ0n) is 9.72. The lowest BCUT2D eigenvalue weighted by atomic mass is 9.45. The van der Waals surface area contributed by atoms with Crippen LogP contribution in [0.15, 0.2) is 12.7 Å². The first kappa shape index (κ1) is 10.2. The van der Waals surface area contributed by atoms with Gasteiger partial charge in [-0.05, 0) is 36.0 Å². The second-order valence-corrected chi connectivity index (χ2v) is 5.76. The van der Waals surface area contributed by atoms with Crippen molar-refractivity contribution >= 4 is 0 Å². The number of hydrogen-bond donors (Lipinski definition) is 1. The molecule has 1 heteroatoms. The zero-order chi connectivity index (χ0) is 10.3. The predicted octanol–water partition coefficient (Wildman–Crippen LogP) is 2.83. The Hall–Kier alpha value is -0.300. The van der Waals surface area contributed by atoms with Gasteiger partial charge in [-0.2, -0.15) is 0 Å². The van der Waals surface area contributed by atoms with Crippen LogP contribution in [0.1, 0.15) is 33.6 Å². The van der Waals surface area contributed by atoms with E-state index in [1.54, 1.807) is 0 Å². The molecular weight excluding hydrogens is 170 g/mol. The average molecular weight is 193 g/mol.